The van der Waals surface area contributed by atoms with Crippen molar-refractivity contribution in [3.05, 3.63) is 12.2 Å². The molecule has 2 aliphatic carbocycles. The van der Waals surface area contributed by atoms with E-state index in [4.69, 9.17) is 0 Å². The smallest absolute Gasteiger partial charge is 0.0254 e. The number of hydrogen-bond donors (Lipinski definition) is 0. The van der Waals surface area contributed by atoms with Crippen LogP contribution in [0.2, 0.25) is 0 Å². The average molecular weight is 236 g/mol. The molecule has 3 rings (SSSR count). The highest BCUT2D eigenvalue weighted by Crippen LogP contribution is 2.64. The minimum absolute atomic E-state index is 0.587. The molecule has 0 bridgehead atoms. The third-order valence-corrected chi connectivity index (χ3v) is 7.29. The van der Waals surface area contributed by atoms with Crippen molar-refractivity contribution in [2.75, 3.05) is 0 Å². The van der Waals surface area contributed by atoms with Crippen LogP contribution in [0.1, 0.15) is 52.9 Å². The normalized spacial score (nSPS) is 50.2. The summed E-state index contributed by atoms with van der Waals surface area (Å²) in [4.78, 5) is 0. The van der Waals surface area contributed by atoms with Crippen molar-refractivity contribution in [3.63, 3.8) is 0 Å². The highest BCUT2D eigenvalue weighted by Gasteiger charge is 2.55. The van der Waals surface area contributed by atoms with Crippen LogP contribution in [0.15, 0.2) is 12.2 Å². The van der Waals surface area contributed by atoms with Crippen molar-refractivity contribution in [1.82, 2.24) is 0 Å². The Morgan fingerprint density at radius 2 is 2.00 bits per heavy atom. The van der Waals surface area contributed by atoms with E-state index in [0.717, 1.165) is 17.1 Å². The van der Waals surface area contributed by atoms with Gasteiger partial charge in [-0.25, -0.2) is 0 Å². The zero-order valence-corrected chi connectivity index (χ0v) is 11.7. The number of thioether (sulfide) groups is 1. The predicted octanol–water partition coefficient (Wildman–Crippen LogP) is 4.65. The molecule has 1 heterocycles. The zero-order chi connectivity index (χ0) is 11.6. The van der Waals surface area contributed by atoms with E-state index in [-0.39, 0.29) is 0 Å². The first-order valence-corrected chi connectivity index (χ1v) is 7.66. The van der Waals surface area contributed by atoms with E-state index in [0.29, 0.717) is 10.2 Å². The Labute approximate surface area is 104 Å². The van der Waals surface area contributed by atoms with Gasteiger partial charge in [-0.1, -0.05) is 26.0 Å². The van der Waals surface area contributed by atoms with Gasteiger partial charge >= 0.3 is 0 Å². The molecule has 16 heavy (non-hydrogen) atoms. The first kappa shape index (κ1) is 11.2. The fourth-order valence-corrected chi connectivity index (χ4v) is 5.37. The van der Waals surface area contributed by atoms with E-state index in [1.807, 2.05) is 0 Å². The summed E-state index contributed by atoms with van der Waals surface area (Å²) in [5.74, 6) is 1.79. The Kier molecular flexibility index (Phi) is 2.32. The van der Waals surface area contributed by atoms with E-state index in [1.165, 1.54) is 32.1 Å². The number of allylic oxidation sites excluding steroid dienone is 1. The standard InChI is InChI=1S/C15H24S/c1-10-5-6-13-15(4,16-13)8-7-12-11(10)9-14(12,2)3/h11-13H,1,5-9H2,2-4H3. The highest BCUT2D eigenvalue weighted by atomic mass is 32.2. The van der Waals surface area contributed by atoms with Gasteiger partial charge in [0.1, 0.15) is 0 Å². The second-order valence-electron chi connectivity index (χ2n) is 7.06. The monoisotopic (exact) mass is 236 g/mol. The first-order chi connectivity index (χ1) is 7.42. The molecular formula is C15H24S. The van der Waals surface area contributed by atoms with Gasteiger partial charge < -0.3 is 0 Å². The fraction of sp³-hybridized carbons (Fsp3) is 0.867. The van der Waals surface area contributed by atoms with Crippen LogP contribution >= 0.6 is 11.8 Å². The van der Waals surface area contributed by atoms with Crippen molar-refractivity contribution in [3.8, 4) is 0 Å². The maximum Gasteiger partial charge on any atom is 0.0254 e. The lowest BCUT2D eigenvalue weighted by Crippen LogP contribution is -2.44. The van der Waals surface area contributed by atoms with Crippen molar-refractivity contribution in [2.24, 2.45) is 17.3 Å². The fourth-order valence-electron chi connectivity index (χ4n) is 4.08. The molecule has 1 heteroatoms. The van der Waals surface area contributed by atoms with Gasteiger partial charge in [-0.05, 0) is 56.3 Å². The molecule has 4 unspecified atom stereocenters. The lowest BCUT2D eigenvalue weighted by molar-refractivity contribution is 0.00194. The van der Waals surface area contributed by atoms with Gasteiger partial charge in [-0.2, -0.15) is 0 Å². The maximum absolute atomic E-state index is 4.37. The van der Waals surface area contributed by atoms with Crippen LogP contribution in [0.4, 0.5) is 0 Å². The van der Waals surface area contributed by atoms with Crippen LogP contribution in [0.25, 0.3) is 0 Å². The summed E-state index contributed by atoms with van der Waals surface area (Å²) in [6, 6.07) is 0. The van der Waals surface area contributed by atoms with Crippen LogP contribution in [0.5, 0.6) is 0 Å². The van der Waals surface area contributed by atoms with E-state index < -0.39 is 0 Å². The van der Waals surface area contributed by atoms with Gasteiger partial charge in [0.05, 0.1) is 0 Å². The minimum atomic E-state index is 0.587. The third kappa shape index (κ3) is 1.58. The molecule has 2 saturated carbocycles. The lowest BCUT2D eigenvalue weighted by atomic mass is 9.52. The topological polar surface area (TPSA) is 0 Å². The van der Waals surface area contributed by atoms with E-state index in [2.05, 4.69) is 39.1 Å². The zero-order valence-electron chi connectivity index (χ0n) is 10.9. The molecule has 0 amide bonds. The Morgan fingerprint density at radius 3 is 2.69 bits per heavy atom. The molecule has 90 valence electrons. The summed E-state index contributed by atoms with van der Waals surface area (Å²) in [6.07, 6.45) is 6.97. The molecule has 0 aromatic rings. The highest BCUT2D eigenvalue weighted by molar-refractivity contribution is 8.08. The average Bonchev–Trinajstić information content (AvgIpc) is 2.82. The summed E-state index contributed by atoms with van der Waals surface area (Å²) >= 11 is 2.23. The SMILES string of the molecule is C=C1CCC2SC2(C)CCC2C1CC2(C)C. The molecule has 1 saturated heterocycles. The van der Waals surface area contributed by atoms with Crippen LogP contribution in [0, 0.1) is 17.3 Å². The van der Waals surface area contributed by atoms with Gasteiger partial charge in [0.25, 0.3) is 0 Å². The lowest BCUT2D eigenvalue weighted by Gasteiger charge is -2.53. The van der Waals surface area contributed by atoms with Gasteiger partial charge in [-0.3, -0.25) is 0 Å². The van der Waals surface area contributed by atoms with Crippen molar-refractivity contribution < 1.29 is 0 Å². The predicted molar refractivity (Wildman–Crippen MR) is 72.8 cm³/mol. The molecule has 0 nitrogen and oxygen atoms in total. The van der Waals surface area contributed by atoms with Crippen molar-refractivity contribution in [1.29, 1.82) is 0 Å². The summed E-state index contributed by atoms with van der Waals surface area (Å²) in [6.45, 7) is 11.8. The van der Waals surface area contributed by atoms with Crippen molar-refractivity contribution >= 4 is 11.8 Å². The quantitative estimate of drug-likeness (QED) is 0.436. The van der Waals surface area contributed by atoms with Crippen molar-refractivity contribution in [2.45, 2.75) is 62.9 Å². The molecule has 4 atom stereocenters. The number of fused-ring (bicyclic) bond motifs is 2. The maximum atomic E-state index is 4.37. The largest absolute Gasteiger partial charge is 0.149 e. The first-order valence-electron chi connectivity index (χ1n) is 6.78. The van der Waals surface area contributed by atoms with Crippen LogP contribution in [-0.2, 0) is 0 Å². The van der Waals surface area contributed by atoms with Gasteiger partial charge in [0, 0.05) is 10.00 Å². The molecule has 0 spiro atoms. The van der Waals surface area contributed by atoms with E-state index >= 15 is 0 Å². The molecule has 1 aliphatic heterocycles. The summed E-state index contributed by atoms with van der Waals surface area (Å²) in [5, 5.41) is 0.949. The van der Waals surface area contributed by atoms with Crippen LogP contribution in [-0.4, -0.2) is 10.00 Å². The molecular weight excluding hydrogens is 212 g/mol. The summed E-state index contributed by atoms with van der Waals surface area (Å²) < 4.78 is 0.640. The molecule has 0 aromatic carbocycles. The Hall–Kier alpha value is 0.0900. The Balaban J connectivity index is 1.78. The van der Waals surface area contributed by atoms with Crippen LogP contribution in [0.3, 0.4) is 0 Å². The molecule has 0 radical (unpaired) electrons. The van der Waals surface area contributed by atoms with Gasteiger partial charge in [0.2, 0.25) is 0 Å². The third-order valence-electron chi connectivity index (χ3n) is 5.47. The summed E-state index contributed by atoms with van der Waals surface area (Å²) in [7, 11) is 0. The second-order valence-corrected chi connectivity index (χ2v) is 8.80. The van der Waals surface area contributed by atoms with Gasteiger partial charge in [-0.15, -0.1) is 11.8 Å². The van der Waals surface area contributed by atoms with E-state index in [9.17, 15) is 0 Å². The van der Waals surface area contributed by atoms with E-state index in [1.54, 1.807) is 5.57 Å². The minimum Gasteiger partial charge on any atom is -0.149 e. The Bertz CT molecular complexity index is 330. The number of rotatable bonds is 0. The Morgan fingerprint density at radius 1 is 1.25 bits per heavy atom. The number of hydrogen-bond acceptors (Lipinski definition) is 1. The van der Waals surface area contributed by atoms with Gasteiger partial charge in [0.15, 0.2) is 0 Å². The molecule has 0 N–H and O–H groups in total. The summed E-state index contributed by atoms with van der Waals surface area (Å²) in [5.41, 5.74) is 2.16. The molecule has 3 fully saturated rings. The molecule has 3 aliphatic rings. The second kappa shape index (κ2) is 3.31. The molecule has 0 aromatic heterocycles. The van der Waals surface area contributed by atoms with Crippen LogP contribution < -0.4 is 0 Å².